The van der Waals surface area contributed by atoms with Crippen molar-refractivity contribution in [2.45, 2.75) is 12.8 Å². The fourth-order valence-corrected chi connectivity index (χ4v) is 2.64. The molecule has 0 fully saturated rings. The van der Waals surface area contributed by atoms with E-state index in [0.29, 0.717) is 6.54 Å². The molecule has 0 aliphatic carbocycles. The van der Waals surface area contributed by atoms with Crippen LogP contribution in [0.1, 0.15) is 11.3 Å². The number of hydrogen-bond donors (Lipinski definition) is 1. The summed E-state index contributed by atoms with van der Waals surface area (Å²) in [6.07, 6.45) is 3.67. The molecule has 1 heterocycles. The number of aromatic nitrogens is 1. The number of likely N-dealkylation sites (N-methyl/N-ethyl adjacent to an activating group) is 1. The molecular formula is C16H20BrN3. The van der Waals surface area contributed by atoms with Crippen molar-refractivity contribution in [3.05, 3.63) is 58.3 Å². The van der Waals surface area contributed by atoms with Crippen LogP contribution in [0.4, 0.5) is 5.69 Å². The average Bonchev–Trinajstić information content (AvgIpc) is 2.46. The Kier molecular flexibility index (Phi) is 5.56. The molecule has 0 unspecified atom stereocenters. The van der Waals surface area contributed by atoms with Gasteiger partial charge in [0.1, 0.15) is 0 Å². The lowest BCUT2D eigenvalue weighted by atomic mass is 10.1. The van der Waals surface area contributed by atoms with Gasteiger partial charge in [-0.25, -0.2) is 0 Å². The van der Waals surface area contributed by atoms with Gasteiger partial charge in [0, 0.05) is 42.1 Å². The van der Waals surface area contributed by atoms with E-state index in [2.05, 4.69) is 57.1 Å². The van der Waals surface area contributed by atoms with Crippen molar-refractivity contribution in [3.63, 3.8) is 0 Å². The molecule has 0 saturated carbocycles. The maximum Gasteiger partial charge on any atom is 0.0421 e. The van der Waals surface area contributed by atoms with Crippen molar-refractivity contribution in [1.82, 2.24) is 4.98 Å². The summed E-state index contributed by atoms with van der Waals surface area (Å²) in [6, 6.07) is 12.4. The molecular weight excluding hydrogens is 314 g/mol. The Labute approximate surface area is 129 Å². The van der Waals surface area contributed by atoms with E-state index in [-0.39, 0.29) is 0 Å². The molecule has 0 amide bonds. The van der Waals surface area contributed by atoms with E-state index >= 15 is 0 Å². The zero-order valence-electron chi connectivity index (χ0n) is 11.7. The molecule has 106 valence electrons. The molecule has 0 radical (unpaired) electrons. The summed E-state index contributed by atoms with van der Waals surface area (Å²) in [5.74, 6) is 0. The SMILES string of the molecule is CN(CCc1ccccn1)c1ccc(Br)cc1CCN. The van der Waals surface area contributed by atoms with Crippen LogP contribution in [0.15, 0.2) is 47.1 Å². The van der Waals surface area contributed by atoms with Gasteiger partial charge >= 0.3 is 0 Å². The Morgan fingerprint density at radius 1 is 1.20 bits per heavy atom. The first kappa shape index (κ1) is 15.0. The predicted octanol–water partition coefficient (Wildman–Crippen LogP) is 3.02. The first-order valence-corrected chi connectivity index (χ1v) is 7.59. The number of halogens is 1. The van der Waals surface area contributed by atoms with Crippen molar-refractivity contribution < 1.29 is 0 Å². The summed E-state index contributed by atoms with van der Waals surface area (Å²) in [5.41, 5.74) is 9.35. The standard InChI is InChI=1S/C16H20BrN3/c1-20(11-8-15-4-2-3-10-19-15)16-6-5-14(17)12-13(16)7-9-18/h2-6,10,12H,7-9,11,18H2,1H3. The minimum atomic E-state index is 0.664. The molecule has 0 saturated heterocycles. The topological polar surface area (TPSA) is 42.2 Å². The molecule has 0 atom stereocenters. The van der Waals surface area contributed by atoms with Crippen molar-refractivity contribution >= 4 is 21.6 Å². The van der Waals surface area contributed by atoms with Gasteiger partial charge in [-0.1, -0.05) is 22.0 Å². The van der Waals surface area contributed by atoms with Crippen LogP contribution in [0, 0.1) is 0 Å². The Bertz CT molecular complexity index is 543. The molecule has 2 rings (SSSR count). The number of anilines is 1. The highest BCUT2D eigenvalue weighted by molar-refractivity contribution is 9.10. The van der Waals surface area contributed by atoms with Gasteiger partial charge in [0.2, 0.25) is 0 Å². The van der Waals surface area contributed by atoms with Crippen molar-refractivity contribution in [1.29, 1.82) is 0 Å². The van der Waals surface area contributed by atoms with E-state index in [4.69, 9.17) is 5.73 Å². The first-order chi connectivity index (χ1) is 9.70. The summed E-state index contributed by atoms with van der Waals surface area (Å²) < 4.78 is 1.10. The van der Waals surface area contributed by atoms with Gasteiger partial charge in [-0.05, 0) is 48.9 Å². The number of rotatable bonds is 6. The lowest BCUT2D eigenvalue weighted by molar-refractivity contribution is 0.841. The molecule has 2 N–H and O–H groups in total. The fourth-order valence-electron chi connectivity index (χ4n) is 2.23. The molecule has 1 aromatic carbocycles. The molecule has 0 spiro atoms. The monoisotopic (exact) mass is 333 g/mol. The highest BCUT2D eigenvalue weighted by atomic mass is 79.9. The maximum atomic E-state index is 5.70. The predicted molar refractivity (Wildman–Crippen MR) is 88.1 cm³/mol. The van der Waals surface area contributed by atoms with Gasteiger partial charge in [0.25, 0.3) is 0 Å². The van der Waals surface area contributed by atoms with E-state index in [1.165, 1.54) is 11.3 Å². The highest BCUT2D eigenvalue weighted by Gasteiger charge is 2.08. The largest absolute Gasteiger partial charge is 0.374 e. The van der Waals surface area contributed by atoms with Crippen molar-refractivity contribution in [3.8, 4) is 0 Å². The lowest BCUT2D eigenvalue weighted by Gasteiger charge is -2.22. The van der Waals surface area contributed by atoms with E-state index in [9.17, 15) is 0 Å². The number of benzene rings is 1. The molecule has 3 nitrogen and oxygen atoms in total. The summed E-state index contributed by atoms with van der Waals surface area (Å²) >= 11 is 3.52. The third-order valence-electron chi connectivity index (χ3n) is 3.30. The molecule has 0 aliphatic heterocycles. The summed E-state index contributed by atoms with van der Waals surface area (Å²) in [6.45, 7) is 1.60. The fraction of sp³-hybridized carbons (Fsp3) is 0.312. The van der Waals surface area contributed by atoms with Gasteiger partial charge in [-0.3, -0.25) is 4.98 Å². The number of nitrogens with zero attached hydrogens (tertiary/aromatic N) is 2. The highest BCUT2D eigenvalue weighted by Crippen LogP contribution is 2.24. The van der Waals surface area contributed by atoms with Crippen LogP contribution < -0.4 is 10.6 Å². The van der Waals surface area contributed by atoms with Crippen LogP contribution in [-0.2, 0) is 12.8 Å². The van der Waals surface area contributed by atoms with Crippen molar-refractivity contribution in [2.24, 2.45) is 5.73 Å². The molecule has 20 heavy (non-hydrogen) atoms. The average molecular weight is 334 g/mol. The minimum absolute atomic E-state index is 0.664. The van der Waals surface area contributed by atoms with Crippen LogP contribution >= 0.6 is 15.9 Å². The zero-order chi connectivity index (χ0) is 14.4. The summed E-state index contributed by atoms with van der Waals surface area (Å²) in [5, 5.41) is 0. The minimum Gasteiger partial charge on any atom is -0.374 e. The summed E-state index contributed by atoms with van der Waals surface area (Å²) in [4.78, 5) is 6.63. The van der Waals surface area contributed by atoms with E-state index in [1.54, 1.807) is 0 Å². The van der Waals surface area contributed by atoms with Crippen LogP contribution in [0.2, 0.25) is 0 Å². The van der Waals surface area contributed by atoms with Gasteiger partial charge in [-0.2, -0.15) is 0 Å². The first-order valence-electron chi connectivity index (χ1n) is 6.80. The molecule has 2 aromatic rings. The van der Waals surface area contributed by atoms with E-state index in [0.717, 1.165) is 29.6 Å². The normalized spacial score (nSPS) is 10.6. The van der Waals surface area contributed by atoms with Gasteiger partial charge in [0.15, 0.2) is 0 Å². The molecule has 1 aromatic heterocycles. The third-order valence-corrected chi connectivity index (χ3v) is 3.79. The number of pyridine rings is 1. The second-order valence-corrected chi connectivity index (χ2v) is 5.72. The van der Waals surface area contributed by atoms with Crippen LogP contribution in [0.5, 0.6) is 0 Å². The van der Waals surface area contributed by atoms with E-state index in [1.807, 2.05) is 18.3 Å². The zero-order valence-corrected chi connectivity index (χ0v) is 13.3. The second kappa shape index (κ2) is 7.41. The van der Waals surface area contributed by atoms with E-state index < -0.39 is 0 Å². The maximum absolute atomic E-state index is 5.70. The Hall–Kier alpha value is -1.39. The number of hydrogen-bond acceptors (Lipinski definition) is 3. The Morgan fingerprint density at radius 3 is 2.75 bits per heavy atom. The molecule has 4 heteroatoms. The van der Waals surface area contributed by atoms with Crippen LogP contribution in [0.3, 0.4) is 0 Å². The van der Waals surface area contributed by atoms with Gasteiger partial charge in [0.05, 0.1) is 0 Å². The lowest BCUT2D eigenvalue weighted by Crippen LogP contribution is -2.22. The molecule has 0 bridgehead atoms. The quantitative estimate of drug-likeness (QED) is 0.883. The van der Waals surface area contributed by atoms with Crippen molar-refractivity contribution in [2.75, 3.05) is 25.0 Å². The Morgan fingerprint density at radius 2 is 2.05 bits per heavy atom. The van der Waals surface area contributed by atoms with Crippen LogP contribution in [0.25, 0.3) is 0 Å². The Balaban J connectivity index is 2.06. The van der Waals surface area contributed by atoms with Gasteiger partial charge < -0.3 is 10.6 Å². The summed E-state index contributed by atoms with van der Waals surface area (Å²) in [7, 11) is 2.12. The second-order valence-electron chi connectivity index (χ2n) is 4.80. The smallest absolute Gasteiger partial charge is 0.0421 e. The molecule has 0 aliphatic rings. The van der Waals surface area contributed by atoms with Gasteiger partial charge in [-0.15, -0.1) is 0 Å². The van der Waals surface area contributed by atoms with Crippen LogP contribution in [-0.4, -0.2) is 25.1 Å². The number of nitrogens with two attached hydrogens (primary N) is 1. The third kappa shape index (κ3) is 4.05.